The molecule has 0 saturated heterocycles. The molecule has 0 amide bonds. The third kappa shape index (κ3) is 5.25. The number of aliphatic carboxylic acids is 1. The maximum Gasteiger partial charge on any atom is 0.416 e. The second-order valence-electron chi connectivity index (χ2n) is 7.90. The normalized spacial score (nSPS) is 11.6. The van der Waals surface area contributed by atoms with Gasteiger partial charge in [0.1, 0.15) is 12.4 Å². The largest absolute Gasteiger partial charge is 0.493 e. The fourth-order valence-corrected chi connectivity index (χ4v) is 3.79. The first-order chi connectivity index (χ1) is 16.7. The van der Waals surface area contributed by atoms with Crippen LogP contribution in [0.5, 0.6) is 11.5 Å². The Balaban J connectivity index is 1.71. The summed E-state index contributed by atoms with van der Waals surface area (Å²) in [6.07, 6.45) is -3.63. The second-order valence-corrected chi connectivity index (χ2v) is 7.90. The van der Waals surface area contributed by atoms with Crippen LogP contribution in [0.1, 0.15) is 22.3 Å². The molecule has 4 aromatic rings. The molecule has 3 N–H and O–H groups in total. The summed E-state index contributed by atoms with van der Waals surface area (Å²) >= 11 is 0. The Labute approximate surface area is 198 Å². The van der Waals surface area contributed by atoms with Crippen molar-refractivity contribution in [2.24, 2.45) is 5.73 Å². The molecule has 35 heavy (non-hydrogen) atoms. The van der Waals surface area contributed by atoms with Crippen molar-refractivity contribution in [3.05, 3.63) is 83.1 Å². The Morgan fingerprint density at radius 3 is 2.51 bits per heavy atom. The van der Waals surface area contributed by atoms with E-state index >= 15 is 0 Å². The van der Waals surface area contributed by atoms with E-state index in [-0.39, 0.29) is 17.9 Å². The van der Waals surface area contributed by atoms with E-state index in [1.165, 1.54) is 13.4 Å². The molecule has 0 aliphatic carbocycles. The molecular weight excluding hydrogens is 463 g/mol. The molecule has 0 unspecified atom stereocenters. The number of fused-ring (bicyclic) bond motifs is 1. The van der Waals surface area contributed by atoms with E-state index in [1.807, 2.05) is 36.4 Å². The van der Waals surface area contributed by atoms with Crippen LogP contribution in [0, 0.1) is 0 Å². The summed E-state index contributed by atoms with van der Waals surface area (Å²) in [6, 6.07) is 14.2. The Morgan fingerprint density at radius 2 is 1.83 bits per heavy atom. The predicted molar refractivity (Wildman–Crippen MR) is 123 cm³/mol. The van der Waals surface area contributed by atoms with Crippen molar-refractivity contribution in [3.8, 4) is 22.6 Å². The number of ether oxygens (including phenoxy) is 2. The highest BCUT2D eigenvalue weighted by atomic mass is 19.4. The highest BCUT2D eigenvalue weighted by Gasteiger charge is 2.31. The Bertz CT molecular complexity index is 1380. The molecule has 4 rings (SSSR count). The summed E-state index contributed by atoms with van der Waals surface area (Å²) in [5.74, 6) is -0.861. The Kier molecular flexibility index (Phi) is 6.70. The van der Waals surface area contributed by atoms with E-state index in [9.17, 15) is 18.0 Å². The van der Waals surface area contributed by atoms with E-state index in [1.54, 1.807) is 0 Å². The molecule has 0 bridgehead atoms. The summed E-state index contributed by atoms with van der Waals surface area (Å²) in [5, 5.41) is 9.79. The average Bonchev–Trinajstić information content (AvgIpc) is 3.24. The standard InChI is InChI=1S/C26H22F3NO5/c1-33-23-9-18(16-4-2-3-15(7-16)12-30)8-21-19(14-35-25(21)23)13-34-22-11-20(26(27,28)29)6-5-17(22)10-24(31)32/h2-9,11,14H,10,12-13,30H2,1H3,(H,31,32). The monoisotopic (exact) mass is 485 g/mol. The second kappa shape index (κ2) is 9.71. The zero-order valence-corrected chi connectivity index (χ0v) is 18.7. The fraction of sp³-hybridized carbons (Fsp3) is 0.192. The maximum atomic E-state index is 13.2. The fourth-order valence-electron chi connectivity index (χ4n) is 3.79. The number of halogens is 3. The number of hydrogen-bond donors (Lipinski definition) is 2. The van der Waals surface area contributed by atoms with Gasteiger partial charge < -0.3 is 24.7 Å². The van der Waals surface area contributed by atoms with Crippen LogP contribution in [0.3, 0.4) is 0 Å². The number of benzene rings is 3. The number of carboxylic acids is 1. The van der Waals surface area contributed by atoms with Crippen molar-refractivity contribution in [1.29, 1.82) is 0 Å². The predicted octanol–water partition coefficient (Wildman–Crippen LogP) is 5.79. The zero-order chi connectivity index (χ0) is 25.2. The van der Waals surface area contributed by atoms with Gasteiger partial charge in [-0.15, -0.1) is 0 Å². The lowest BCUT2D eigenvalue weighted by Gasteiger charge is -2.14. The van der Waals surface area contributed by atoms with E-state index < -0.39 is 24.1 Å². The first kappa shape index (κ1) is 24.2. The lowest BCUT2D eigenvalue weighted by molar-refractivity contribution is -0.137. The Morgan fingerprint density at radius 1 is 1.03 bits per heavy atom. The molecule has 0 fully saturated rings. The lowest BCUT2D eigenvalue weighted by atomic mass is 10.00. The summed E-state index contributed by atoms with van der Waals surface area (Å²) in [6.45, 7) is 0.240. The molecule has 0 radical (unpaired) electrons. The van der Waals surface area contributed by atoms with Gasteiger partial charge in [0.15, 0.2) is 11.3 Å². The summed E-state index contributed by atoms with van der Waals surface area (Å²) in [4.78, 5) is 11.2. The highest BCUT2D eigenvalue weighted by Crippen LogP contribution is 2.37. The number of alkyl halides is 3. The minimum Gasteiger partial charge on any atom is -0.493 e. The van der Waals surface area contributed by atoms with Crippen LogP contribution < -0.4 is 15.2 Å². The van der Waals surface area contributed by atoms with Gasteiger partial charge in [-0.05, 0) is 47.0 Å². The van der Waals surface area contributed by atoms with Gasteiger partial charge in [0.25, 0.3) is 0 Å². The van der Waals surface area contributed by atoms with Crippen LogP contribution in [0.15, 0.2) is 65.3 Å². The van der Waals surface area contributed by atoms with Crippen molar-refractivity contribution in [2.45, 2.75) is 25.7 Å². The van der Waals surface area contributed by atoms with Crippen molar-refractivity contribution >= 4 is 16.9 Å². The number of nitrogens with two attached hydrogens (primary N) is 1. The molecule has 0 saturated carbocycles. The molecule has 9 heteroatoms. The Hall–Kier alpha value is -3.98. The molecule has 0 aliphatic rings. The minimum atomic E-state index is -4.59. The molecular formula is C26H22F3NO5. The minimum absolute atomic E-state index is 0.134. The lowest BCUT2D eigenvalue weighted by Crippen LogP contribution is -2.09. The van der Waals surface area contributed by atoms with E-state index in [4.69, 9.17) is 24.7 Å². The molecule has 0 atom stereocenters. The summed E-state index contributed by atoms with van der Waals surface area (Å²) in [7, 11) is 1.51. The van der Waals surface area contributed by atoms with E-state index in [0.29, 0.717) is 28.8 Å². The van der Waals surface area contributed by atoms with Crippen molar-refractivity contribution < 1.29 is 37.0 Å². The highest BCUT2D eigenvalue weighted by molar-refractivity contribution is 5.91. The van der Waals surface area contributed by atoms with Gasteiger partial charge >= 0.3 is 12.1 Å². The third-order valence-electron chi connectivity index (χ3n) is 5.56. The van der Waals surface area contributed by atoms with Gasteiger partial charge in [-0.1, -0.05) is 24.3 Å². The van der Waals surface area contributed by atoms with Gasteiger partial charge in [0, 0.05) is 23.1 Å². The van der Waals surface area contributed by atoms with Gasteiger partial charge in [0.05, 0.1) is 25.4 Å². The number of carboxylic acid groups (broad SMARTS) is 1. The van der Waals surface area contributed by atoms with Crippen LogP contribution in [-0.4, -0.2) is 18.2 Å². The third-order valence-corrected chi connectivity index (χ3v) is 5.56. The first-order valence-electron chi connectivity index (χ1n) is 10.6. The summed E-state index contributed by atoms with van der Waals surface area (Å²) in [5.41, 5.74) is 8.68. The van der Waals surface area contributed by atoms with Gasteiger partial charge in [0.2, 0.25) is 0 Å². The topological polar surface area (TPSA) is 94.9 Å². The molecule has 3 aromatic carbocycles. The number of rotatable bonds is 8. The molecule has 0 spiro atoms. The van der Waals surface area contributed by atoms with Crippen LogP contribution >= 0.6 is 0 Å². The van der Waals surface area contributed by atoms with Crippen molar-refractivity contribution in [2.75, 3.05) is 7.11 Å². The van der Waals surface area contributed by atoms with Crippen molar-refractivity contribution in [1.82, 2.24) is 0 Å². The van der Waals surface area contributed by atoms with Crippen LogP contribution in [0.2, 0.25) is 0 Å². The number of methoxy groups -OCH3 is 1. The van der Waals surface area contributed by atoms with Gasteiger partial charge in [-0.2, -0.15) is 13.2 Å². The molecule has 182 valence electrons. The zero-order valence-electron chi connectivity index (χ0n) is 18.7. The smallest absolute Gasteiger partial charge is 0.416 e. The van der Waals surface area contributed by atoms with Gasteiger partial charge in [-0.3, -0.25) is 4.79 Å². The first-order valence-corrected chi connectivity index (χ1v) is 10.6. The van der Waals surface area contributed by atoms with E-state index in [0.717, 1.165) is 34.9 Å². The SMILES string of the molecule is COc1cc(-c2cccc(CN)c2)cc2c(COc3cc(C(F)(F)F)ccc3CC(=O)O)coc12. The number of carbonyl (C=O) groups is 1. The number of hydrogen-bond acceptors (Lipinski definition) is 5. The van der Waals surface area contributed by atoms with Gasteiger partial charge in [-0.25, -0.2) is 0 Å². The van der Waals surface area contributed by atoms with Crippen LogP contribution in [0.25, 0.3) is 22.1 Å². The van der Waals surface area contributed by atoms with Crippen LogP contribution in [0.4, 0.5) is 13.2 Å². The molecule has 0 aliphatic heterocycles. The maximum absolute atomic E-state index is 13.2. The quantitative estimate of drug-likeness (QED) is 0.328. The molecule has 6 nitrogen and oxygen atoms in total. The number of furan rings is 1. The van der Waals surface area contributed by atoms with Crippen LogP contribution in [-0.2, 0) is 30.5 Å². The summed E-state index contributed by atoms with van der Waals surface area (Å²) < 4.78 is 56.5. The molecule has 1 aromatic heterocycles. The van der Waals surface area contributed by atoms with Crippen molar-refractivity contribution in [3.63, 3.8) is 0 Å². The average molecular weight is 485 g/mol. The van der Waals surface area contributed by atoms with E-state index in [2.05, 4.69) is 0 Å². The molecule has 1 heterocycles.